The predicted octanol–water partition coefficient (Wildman–Crippen LogP) is 2.15. The number of hydrogen-bond donors (Lipinski definition) is 0. The normalized spacial score (nSPS) is 26.1. The van der Waals surface area contributed by atoms with E-state index in [4.69, 9.17) is 25.8 Å². The molecular weight excluding hydrogens is 284 g/mol. The van der Waals surface area contributed by atoms with Crippen molar-refractivity contribution in [2.45, 2.75) is 45.8 Å². The number of alkyl halides is 1. The zero-order chi connectivity index (χ0) is 15.3. The fraction of sp³-hybridized carbons (Fsp3) is 0.857. The highest BCUT2D eigenvalue weighted by atomic mass is 35.5. The minimum atomic E-state index is -0.934. The molecule has 116 valence electrons. The van der Waals surface area contributed by atoms with Crippen LogP contribution < -0.4 is 0 Å². The minimum Gasteiger partial charge on any atom is -0.462 e. The molecule has 2 atom stereocenters. The first-order valence-electron chi connectivity index (χ1n) is 6.89. The van der Waals surface area contributed by atoms with Crippen molar-refractivity contribution in [2.75, 3.05) is 19.1 Å². The van der Waals surface area contributed by atoms with E-state index >= 15 is 0 Å². The van der Waals surface area contributed by atoms with E-state index in [1.54, 1.807) is 27.7 Å². The highest BCUT2D eigenvalue weighted by molar-refractivity contribution is 6.18. The van der Waals surface area contributed by atoms with Crippen LogP contribution >= 0.6 is 11.6 Å². The third-order valence-corrected chi connectivity index (χ3v) is 3.69. The first-order valence-corrected chi connectivity index (χ1v) is 7.43. The summed E-state index contributed by atoms with van der Waals surface area (Å²) in [6, 6.07) is 0. The van der Waals surface area contributed by atoms with E-state index in [2.05, 4.69) is 0 Å². The van der Waals surface area contributed by atoms with Crippen LogP contribution in [0.3, 0.4) is 0 Å². The number of halogens is 1. The third-order valence-electron chi connectivity index (χ3n) is 3.24. The maximum Gasteiger partial charge on any atom is 0.308 e. The average Bonchev–Trinajstić information content (AvgIpc) is 2.79. The Hall–Kier alpha value is -0.810. The molecule has 1 saturated heterocycles. The van der Waals surface area contributed by atoms with Crippen LogP contribution in [0.2, 0.25) is 0 Å². The molecule has 0 N–H and O–H groups in total. The molecular formula is C14H23ClO5. The van der Waals surface area contributed by atoms with Crippen molar-refractivity contribution < 1.29 is 23.8 Å². The van der Waals surface area contributed by atoms with Crippen molar-refractivity contribution >= 4 is 23.5 Å². The van der Waals surface area contributed by atoms with Crippen molar-refractivity contribution in [3.8, 4) is 0 Å². The summed E-state index contributed by atoms with van der Waals surface area (Å²) in [4.78, 5) is 23.3. The van der Waals surface area contributed by atoms with Gasteiger partial charge in [0.2, 0.25) is 0 Å². The molecule has 0 aromatic heterocycles. The molecule has 0 radical (unpaired) electrons. The van der Waals surface area contributed by atoms with E-state index in [-0.39, 0.29) is 36.3 Å². The summed E-state index contributed by atoms with van der Waals surface area (Å²) >= 11 is 5.98. The highest BCUT2D eigenvalue weighted by Gasteiger charge is 2.48. The van der Waals surface area contributed by atoms with E-state index in [0.29, 0.717) is 13.0 Å². The Kier molecular flexibility index (Phi) is 6.27. The van der Waals surface area contributed by atoms with Crippen molar-refractivity contribution in [1.82, 2.24) is 0 Å². The van der Waals surface area contributed by atoms with Crippen LogP contribution in [0.25, 0.3) is 0 Å². The summed E-state index contributed by atoms with van der Waals surface area (Å²) in [6.07, 6.45) is 0.0830. The average molecular weight is 307 g/mol. The number of carbonyl (C=O) groups is 2. The van der Waals surface area contributed by atoms with Crippen LogP contribution in [0, 0.1) is 11.8 Å². The van der Waals surface area contributed by atoms with Gasteiger partial charge in [0.1, 0.15) is 12.7 Å². The Bertz CT molecular complexity index is 355. The van der Waals surface area contributed by atoms with Gasteiger partial charge < -0.3 is 14.2 Å². The molecule has 6 heteroatoms. The summed E-state index contributed by atoms with van der Waals surface area (Å²) in [7, 11) is 0. The summed E-state index contributed by atoms with van der Waals surface area (Å²) in [6.45, 7) is 7.47. The summed E-state index contributed by atoms with van der Waals surface area (Å²) in [5.74, 6) is -0.958. The molecule has 0 unspecified atom stereocenters. The van der Waals surface area contributed by atoms with E-state index in [1.165, 1.54) is 0 Å². The molecule has 0 amide bonds. The van der Waals surface area contributed by atoms with Gasteiger partial charge in [-0.25, -0.2) is 0 Å². The van der Waals surface area contributed by atoms with Gasteiger partial charge >= 0.3 is 11.9 Å². The van der Waals surface area contributed by atoms with Crippen molar-refractivity contribution in [2.24, 2.45) is 11.8 Å². The molecule has 1 fully saturated rings. The molecule has 0 aromatic carbocycles. The van der Waals surface area contributed by atoms with Crippen LogP contribution in [-0.4, -0.2) is 42.7 Å². The Labute approximate surface area is 124 Å². The van der Waals surface area contributed by atoms with Gasteiger partial charge in [-0.3, -0.25) is 9.59 Å². The lowest BCUT2D eigenvalue weighted by Crippen LogP contribution is -2.49. The van der Waals surface area contributed by atoms with Gasteiger partial charge in [-0.05, 0) is 0 Å². The molecule has 0 aromatic rings. The molecule has 1 aliphatic heterocycles. The van der Waals surface area contributed by atoms with Gasteiger partial charge in [-0.1, -0.05) is 27.7 Å². The van der Waals surface area contributed by atoms with Crippen LogP contribution in [0.4, 0.5) is 0 Å². The fourth-order valence-corrected chi connectivity index (χ4v) is 2.15. The lowest BCUT2D eigenvalue weighted by molar-refractivity contribution is -0.171. The second-order valence-corrected chi connectivity index (χ2v) is 5.95. The van der Waals surface area contributed by atoms with E-state index in [1.807, 2.05) is 0 Å². The standard InChI is InChI=1S/C14H23ClO5/c1-9(2)12(16)18-8-14(7-15)11(5-6-19-14)20-13(17)10(3)4/h9-11H,5-8H2,1-4H3/t11-,14+/m0/s1. The summed E-state index contributed by atoms with van der Waals surface area (Å²) in [5, 5.41) is 0. The SMILES string of the molecule is CC(C)C(=O)OC[C@@]1(CCl)OCC[C@@H]1OC(=O)C(C)C. The van der Waals surface area contributed by atoms with E-state index in [9.17, 15) is 9.59 Å². The Morgan fingerprint density at radius 2 is 1.85 bits per heavy atom. The van der Waals surface area contributed by atoms with Crippen molar-refractivity contribution in [3.63, 3.8) is 0 Å². The predicted molar refractivity (Wildman–Crippen MR) is 74.5 cm³/mol. The van der Waals surface area contributed by atoms with Crippen molar-refractivity contribution in [3.05, 3.63) is 0 Å². The van der Waals surface area contributed by atoms with Gasteiger partial charge in [-0.2, -0.15) is 0 Å². The lowest BCUT2D eigenvalue weighted by Gasteiger charge is -2.31. The topological polar surface area (TPSA) is 61.8 Å². The molecule has 0 spiro atoms. The second-order valence-electron chi connectivity index (χ2n) is 5.68. The smallest absolute Gasteiger partial charge is 0.308 e. The monoisotopic (exact) mass is 306 g/mol. The Morgan fingerprint density at radius 1 is 1.25 bits per heavy atom. The maximum atomic E-state index is 11.7. The molecule has 20 heavy (non-hydrogen) atoms. The minimum absolute atomic E-state index is 0.00353. The zero-order valence-corrected chi connectivity index (χ0v) is 13.2. The lowest BCUT2D eigenvalue weighted by atomic mass is 9.99. The number of esters is 2. The third kappa shape index (κ3) is 4.09. The largest absolute Gasteiger partial charge is 0.462 e. The first kappa shape index (κ1) is 17.2. The quantitative estimate of drug-likeness (QED) is 0.556. The maximum absolute atomic E-state index is 11.7. The van der Waals surface area contributed by atoms with Crippen LogP contribution in [-0.2, 0) is 23.8 Å². The molecule has 0 saturated carbocycles. The second kappa shape index (κ2) is 7.27. The number of rotatable bonds is 6. The number of ether oxygens (including phenoxy) is 3. The highest BCUT2D eigenvalue weighted by Crippen LogP contribution is 2.31. The summed E-state index contributed by atoms with van der Waals surface area (Å²) < 4.78 is 16.3. The first-order chi connectivity index (χ1) is 9.32. The zero-order valence-electron chi connectivity index (χ0n) is 12.5. The number of hydrogen-bond acceptors (Lipinski definition) is 5. The van der Waals surface area contributed by atoms with Crippen LogP contribution in [0.1, 0.15) is 34.1 Å². The molecule has 0 aliphatic carbocycles. The van der Waals surface area contributed by atoms with Gasteiger partial charge in [0.25, 0.3) is 0 Å². The fourth-order valence-electron chi connectivity index (χ4n) is 1.83. The Balaban J connectivity index is 2.69. The molecule has 1 aliphatic rings. The van der Waals surface area contributed by atoms with Crippen LogP contribution in [0.15, 0.2) is 0 Å². The van der Waals surface area contributed by atoms with Gasteiger partial charge in [0.05, 0.1) is 24.3 Å². The molecule has 1 heterocycles. The molecule has 1 rings (SSSR count). The van der Waals surface area contributed by atoms with Crippen LogP contribution in [0.5, 0.6) is 0 Å². The van der Waals surface area contributed by atoms with Gasteiger partial charge in [-0.15, -0.1) is 11.6 Å². The van der Waals surface area contributed by atoms with E-state index < -0.39 is 11.7 Å². The number of carbonyl (C=O) groups excluding carboxylic acids is 2. The van der Waals surface area contributed by atoms with Crippen molar-refractivity contribution in [1.29, 1.82) is 0 Å². The molecule has 0 bridgehead atoms. The summed E-state index contributed by atoms with van der Waals surface area (Å²) in [5.41, 5.74) is -0.934. The van der Waals surface area contributed by atoms with Gasteiger partial charge in [0, 0.05) is 6.42 Å². The van der Waals surface area contributed by atoms with E-state index in [0.717, 1.165) is 0 Å². The molecule has 5 nitrogen and oxygen atoms in total. The van der Waals surface area contributed by atoms with Gasteiger partial charge in [0.15, 0.2) is 5.60 Å². The Morgan fingerprint density at radius 3 is 2.35 bits per heavy atom.